The molecule has 0 aromatic heterocycles. The van der Waals surface area contributed by atoms with E-state index in [0.29, 0.717) is 6.10 Å². The summed E-state index contributed by atoms with van der Waals surface area (Å²) in [5, 5.41) is 9.30. The van der Waals surface area contributed by atoms with E-state index in [0.717, 1.165) is 25.7 Å². The van der Waals surface area contributed by atoms with E-state index in [4.69, 9.17) is 9.47 Å². The van der Waals surface area contributed by atoms with Crippen LogP contribution in [0.3, 0.4) is 0 Å². The molecule has 3 heteroatoms. The lowest BCUT2D eigenvalue weighted by molar-refractivity contribution is 0.0394. The van der Waals surface area contributed by atoms with E-state index in [-0.39, 0.29) is 17.6 Å². The van der Waals surface area contributed by atoms with Crippen molar-refractivity contribution < 1.29 is 9.47 Å². The first-order chi connectivity index (χ1) is 6.70. The summed E-state index contributed by atoms with van der Waals surface area (Å²) in [6.45, 7) is 2.02. The molecule has 0 aromatic rings. The van der Waals surface area contributed by atoms with Crippen LogP contribution in [0.15, 0.2) is 0 Å². The highest BCUT2D eigenvalue weighted by molar-refractivity contribution is 5.12. The Morgan fingerprint density at radius 2 is 2.43 bits per heavy atom. The number of nitriles is 1. The molecule has 0 saturated carbocycles. The van der Waals surface area contributed by atoms with Gasteiger partial charge in [0.15, 0.2) is 0 Å². The standard InChI is InChI=1S/C11H17NO2/c1-8(13-2)5-11(7-12)6-9-3-4-10(11)14-9/h8-10H,3-6H2,1-2H3. The van der Waals surface area contributed by atoms with Crippen LogP contribution in [0.1, 0.15) is 32.6 Å². The third-order valence-corrected chi connectivity index (χ3v) is 3.59. The van der Waals surface area contributed by atoms with Crippen molar-refractivity contribution in [3.05, 3.63) is 0 Å². The molecule has 4 atom stereocenters. The van der Waals surface area contributed by atoms with Gasteiger partial charge in [-0.2, -0.15) is 5.26 Å². The lowest BCUT2D eigenvalue weighted by atomic mass is 9.72. The molecule has 0 aromatic carbocycles. The van der Waals surface area contributed by atoms with E-state index in [2.05, 4.69) is 6.07 Å². The molecule has 2 saturated heterocycles. The van der Waals surface area contributed by atoms with Crippen LogP contribution >= 0.6 is 0 Å². The normalized spacial score (nSPS) is 42.4. The average molecular weight is 195 g/mol. The van der Waals surface area contributed by atoms with Gasteiger partial charge >= 0.3 is 0 Å². The molecule has 0 amide bonds. The minimum absolute atomic E-state index is 0.151. The van der Waals surface area contributed by atoms with Gasteiger partial charge in [-0.25, -0.2) is 0 Å². The van der Waals surface area contributed by atoms with Crippen LogP contribution in [0.4, 0.5) is 0 Å². The Kier molecular flexibility index (Phi) is 2.50. The second-order valence-corrected chi connectivity index (χ2v) is 4.55. The topological polar surface area (TPSA) is 42.2 Å². The Hall–Kier alpha value is -0.590. The molecule has 78 valence electrons. The van der Waals surface area contributed by atoms with Crippen molar-refractivity contribution in [3.8, 4) is 6.07 Å². The second kappa shape index (κ2) is 3.52. The van der Waals surface area contributed by atoms with E-state index in [1.165, 1.54) is 0 Å². The summed E-state index contributed by atoms with van der Waals surface area (Å²) >= 11 is 0. The summed E-state index contributed by atoms with van der Waals surface area (Å²) < 4.78 is 11.0. The molecule has 2 rings (SSSR count). The molecule has 0 radical (unpaired) electrons. The molecule has 2 bridgehead atoms. The summed E-state index contributed by atoms with van der Waals surface area (Å²) in [4.78, 5) is 0. The Morgan fingerprint density at radius 1 is 1.64 bits per heavy atom. The highest BCUT2D eigenvalue weighted by atomic mass is 16.5. The first kappa shape index (κ1) is 9.95. The largest absolute Gasteiger partial charge is 0.382 e. The van der Waals surface area contributed by atoms with Crippen molar-refractivity contribution in [1.82, 2.24) is 0 Å². The molecule has 14 heavy (non-hydrogen) atoms. The fourth-order valence-corrected chi connectivity index (χ4v) is 2.77. The van der Waals surface area contributed by atoms with Crippen LogP contribution in [0, 0.1) is 16.7 Å². The van der Waals surface area contributed by atoms with Gasteiger partial charge < -0.3 is 9.47 Å². The third-order valence-electron chi connectivity index (χ3n) is 3.59. The van der Waals surface area contributed by atoms with Gasteiger partial charge in [-0.15, -0.1) is 0 Å². The molecule has 2 heterocycles. The molecule has 2 aliphatic rings. The predicted molar refractivity (Wildman–Crippen MR) is 51.6 cm³/mol. The van der Waals surface area contributed by atoms with E-state index in [1.54, 1.807) is 7.11 Å². The molecule has 4 unspecified atom stereocenters. The maximum Gasteiger partial charge on any atom is 0.0884 e. The Labute approximate surface area is 85.0 Å². The smallest absolute Gasteiger partial charge is 0.0884 e. The summed E-state index contributed by atoms with van der Waals surface area (Å²) in [6.07, 6.45) is 4.55. The highest BCUT2D eigenvalue weighted by Gasteiger charge is 2.53. The van der Waals surface area contributed by atoms with Crippen molar-refractivity contribution in [2.45, 2.75) is 50.9 Å². The van der Waals surface area contributed by atoms with Gasteiger partial charge in [0.1, 0.15) is 0 Å². The van der Waals surface area contributed by atoms with Gasteiger partial charge in [-0.3, -0.25) is 0 Å². The lowest BCUT2D eigenvalue weighted by Gasteiger charge is -2.30. The Morgan fingerprint density at radius 3 is 2.86 bits per heavy atom. The fourth-order valence-electron chi connectivity index (χ4n) is 2.77. The molecule has 2 aliphatic heterocycles. The van der Waals surface area contributed by atoms with Gasteiger partial charge in [0.05, 0.1) is 29.8 Å². The molecule has 2 fully saturated rings. The molecule has 0 N–H and O–H groups in total. The van der Waals surface area contributed by atoms with Gasteiger partial charge in [0.25, 0.3) is 0 Å². The molecule has 0 spiro atoms. The highest BCUT2D eigenvalue weighted by Crippen LogP contribution is 2.50. The number of rotatable bonds is 3. The van der Waals surface area contributed by atoms with Crippen LogP contribution in [-0.2, 0) is 9.47 Å². The molecule has 0 aliphatic carbocycles. The molecular formula is C11H17NO2. The Balaban J connectivity index is 2.08. The van der Waals surface area contributed by atoms with Crippen LogP contribution < -0.4 is 0 Å². The van der Waals surface area contributed by atoms with E-state index in [9.17, 15) is 5.26 Å². The molecular weight excluding hydrogens is 178 g/mol. The number of fused-ring (bicyclic) bond motifs is 2. The zero-order valence-electron chi connectivity index (χ0n) is 8.82. The summed E-state index contributed by atoms with van der Waals surface area (Å²) in [5.74, 6) is 0. The van der Waals surface area contributed by atoms with E-state index < -0.39 is 0 Å². The number of hydrogen-bond donors (Lipinski definition) is 0. The van der Waals surface area contributed by atoms with Crippen LogP contribution in [-0.4, -0.2) is 25.4 Å². The van der Waals surface area contributed by atoms with E-state index in [1.807, 2.05) is 6.92 Å². The minimum atomic E-state index is -0.266. The van der Waals surface area contributed by atoms with Crippen molar-refractivity contribution in [3.63, 3.8) is 0 Å². The zero-order chi connectivity index (χ0) is 10.2. The van der Waals surface area contributed by atoms with Gasteiger partial charge in [-0.1, -0.05) is 0 Å². The maximum atomic E-state index is 9.30. The lowest BCUT2D eigenvalue weighted by Crippen LogP contribution is -2.34. The quantitative estimate of drug-likeness (QED) is 0.690. The van der Waals surface area contributed by atoms with Crippen molar-refractivity contribution >= 4 is 0 Å². The van der Waals surface area contributed by atoms with Crippen LogP contribution in [0.5, 0.6) is 0 Å². The van der Waals surface area contributed by atoms with Crippen molar-refractivity contribution in [1.29, 1.82) is 5.26 Å². The van der Waals surface area contributed by atoms with Crippen molar-refractivity contribution in [2.24, 2.45) is 5.41 Å². The number of ether oxygens (including phenoxy) is 2. The van der Waals surface area contributed by atoms with Gasteiger partial charge in [0.2, 0.25) is 0 Å². The summed E-state index contributed by atoms with van der Waals surface area (Å²) in [5.41, 5.74) is -0.266. The van der Waals surface area contributed by atoms with Crippen LogP contribution in [0.25, 0.3) is 0 Å². The molecule has 3 nitrogen and oxygen atoms in total. The number of methoxy groups -OCH3 is 1. The second-order valence-electron chi connectivity index (χ2n) is 4.55. The predicted octanol–water partition coefficient (Wildman–Crippen LogP) is 1.87. The van der Waals surface area contributed by atoms with E-state index >= 15 is 0 Å². The number of hydrogen-bond acceptors (Lipinski definition) is 3. The first-order valence-electron chi connectivity index (χ1n) is 5.30. The minimum Gasteiger partial charge on any atom is -0.382 e. The summed E-state index contributed by atoms with van der Waals surface area (Å²) in [7, 11) is 1.70. The van der Waals surface area contributed by atoms with Crippen molar-refractivity contribution in [2.75, 3.05) is 7.11 Å². The first-order valence-corrected chi connectivity index (χ1v) is 5.30. The van der Waals surface area contributed by atoms with Crippen LogP contribution in [0.2, 0.25) is 0 Å². The Bertz CT molecular complexity index is 261. The SMILES string of the molecule is COC(C)CC1(C#N)CC2CCC1O2. The average Bonchev–Trinajstić information content (AvgIpc) is 2.77. The third kappa shape index (κ3) is 1.43. The monoisotopic (exact) mass is 195 g/mol. The number of nitrogens with zero attached hydrogens (tertiary/aromatic N) is 1. The zero-order valence-corrected chi connectivity index (χ0v) is 8.82. The summed E-state index contributed by atoms with van der Waals surface area (Å²) in [6, 6.07) is 2.47. The van der Waals surface area contributed by atoms with Gasteiger partial charge in [0, 0.05) is 7.11 Å². The van der Waals surface area contributed by atoms with Gasteiger partial charge in [-0.05, 0) is 32.6 Å². The maximum absolute atomic E-state index is 9.30. The fraction of sp³-hybridized carbons (Fsp3) is 0.909.